The first-order chi connectivity index (χ1) is 11.8. The van der Waals surface area contributed by atoms with E-state index in [-0.39, 0.29) is 12.1 Å². The number of aromatic amines is 1. The lowest BCUT2D eigenvalue weighted by Gasteiger charge is -2.32. The maximum absolute atomic E-state index is 6.06. The molecule has 2 N–H and O–H groups in total. The molecular formula is C18H23N5O. The first-order valence-corrected chi connectivity index (χ1v) is 8.63. The monoisotopic (exact) mass is 325 g/mol. The van der Waals surface area contributed by atoms with E-state index in [1.54, 1.807) is 0 Å². The number of aryl methyl sites for hydroxylation is 1. The third-order valence-electron chi connectivity index (χ3n) is 4.74. The van der Waals surface area contributed by atoms with Gasteiger partial charge in [-0.15, -0.1) is 0 Å². The fourth-order valence-corrected chi connectivity index (χ4v) is 3.43. The van der Waals surface area contributed by atoms with Crippen LogP contribution in [-0.2, 0) is 17.8 Å². The van der Waals surface area contributed by atoms with Crippen molar-refractivity contribution in [2.24, 2.45) is 0 Å². The van der Waals surface area contributed by atoms with Gasteiger partial charge >= 0.3 is 0 Å². The van der Waals surface area contributed by atoms with Crippen LogP contribution in [0.3, 0.4) is 0 Å². The summed E-state index contributed by atoms with van der Waals surface area (Å²) in [7, 11) is 0. The molecule has 0 unspecified atom stereocenters. The van der Waals surface area contributed by atoms with E-state index in [9.17, 15) is 0 Å². The van der Waals surface area contributed by atoms with Gasteiger partial charge in [0.2, 0.25) is 0 Å². The predicted molar refractivity (Wildman–Crippen MR) is 92.5 cm³/mol. The van der Waals surface area contributed by atoms with Crippen molar-refractivity contribution in [2.45, 2.75) is 45.0 Å². The Hall–Kier alpha value is -2.18. The van der Waals surface area contributed by atoms with E-state index in [1.165, 1.54) is 5.56 Å². The zero-order chi connectivity index (χ0) is 16.4. The van der Waals surface area contributed by atoms with Gasteiger partial charge in [-0.3, -0.25) is 5.10 Å². The van der Waals surface area contributed by atoms with E-state index in [2.05, 4.69) is 50.2 Å². The van der Waals surface area contributed by atoms with Crippen molar-refractivity contribution in [3.05, 3.63) is 48.2 Å². The normalized spacial score (nSPS) is 21.4. The summed E-state index contributed by atoms with van der Waals surface area (Å²) in [6.45, 7) is 4.67. The zero-order valence-corrected chi connectivity index (χ0v) is 13.9. The van der Waals surface area contributed by atoms with Gasteiger partial charge in [-0.25, -0.2) is 4.98 Å². The van der Waals surface area contributed by atoms with Crippen LogP contribution < -0.4 is 5.32 Å². The molecular weight excluding hydrogens is 302 g/mol. The first-order valence-electron chi connectivity index (χ1n) is 8.63. The number of benzene rings is 1. The predicted octanol–water partition coefficient (Wildman–Crippen LogP) is 2.79. The van der Waals surface area contributed by atoms with Gasteiger partial charge in [0.05, 0.1) is 11.7 Å². The number of H-pyrrole nitrogens is 1. The van der Waals surface area contributed by atoms with Crippen molar-refractivity contribution < 1.29 is 4.74 Å². The van der Waals surface area contributed by atoms with Crippen LogP contribution >= 0.6 is 0 Å². The Morgan fingerprint density at radius 1 is 1.42 bits per heavy atom. The van der Waals surface area contributed by atoms with E-state index in [0.29, 0.717) is 0 Å². The molecule has 6 heteroatoms. The van der Waals surface area contributed by atoms with Crippen LogP contribution in [-0.4, -0.2) is 32.4 Å². The molecule has 0 spiro atoms. The number of rotatable bonds is 5. The van der Waals surface area contributed by atoms with E-state index < -0.39 is 0 Å². The molecule has 4 rings (SSSR count). The number of hydrogen-bond donors (Lipinski definition) is 2. The molecule has 1 aliphatic rings. The van der Waals surface area contributed by atoms with Gasteiger partial charge in [-0.05, 0) is 31.4 Å². The van der Waals surface area contributed by atoms with Crippen molar-refractivity contribution in [3.63, 3.8) is 0 Å². The molecule has 3 heterocycles. The average molecular weight is 325 g/mol. The van der Waals surface area contributed by atoms with Gasteiger partial charge in [-0.1, -0.05) is 12.1 Å². The highest BCUT2D eigenvalue weighted by Gasteiger charge is 2.30. The third kappa shape index (κ3) is 2.95. The van der Waals surface area contributed by atoms with E-state index in [0.717, 1.165) is 49.3 Å². The quantitative estimate of drug-likeness (QED) is 0.757. The van der Waals surface area contributed by atoms with Gasteiger partial charge < -0.3 is 14.6 Å². The maximum Gasteiger partial charge on any atom is 0.139 e. The van der Waals surface area contributed by atoms with Crippen molar-refractivity contribution >= 4 is 10.9 Å². The molecule has 1 aliphatic heterocycles. The highest BCUT2D eigenvalue weighted by atomic mass is 16.5. The minimum atomic E-state index is 0.0181. The summed E-state index contributed by atoms with van der Waals surface area (Å²) in [5.74, 6) is 1.03. The molecule has 24 heavy (non-hydrogen) atoms. The zero-order valence-electron chi connectivity index (χ0n) is 13.9. The Kier molecular flexibility index (Phi) is 4.32. The number of nitrogens with zero attached hydrogens (tertiary/aromatic N) is 3. The summed E-state index contributed by atoms with van der Waals surface area (Å²) in [6.07, 6.45) is 7.94. The van der Waals surface area contributed by atoms with Crippen LogP contribution in [0.15, 0.2) is 36.8 Å². The number of aromatic nitrogens is 4. The molecule has 126 valence electrons. The smallest absolute Gasteiger partial charge is 0.139 e. The Balaban J connectivity index is 1.49. The van der Waals surface area contributed by atoms with E-state index in [1.807, 2.05) is 18.6 Å². The second-order valence-electron chi connectivity index (χ2n) is 6.28. The van der Waals surface area contributed by atoms with Crippen LogP contribution in [0, 0.1) is 0 Å². The molecule has 6 nitrogen and oxygen atoms in total. The summed E-state index contributed by atoms with van der Waals surface area (Å²) in [4.78, 5) is 4.53. The second kappa shape index (κ2) is 6.75. The van der Waals surface area contributed by atoms with Gasteiger partial charge in [0, 0.05) is 43.5 Å². The van der Waals surface area contributed by atoms with Crippen LogP contribution in [0.1, 0.15) is 37.3 Å². The summed E-state index contributed by atoms with van der Waals surface area (Å²) in [5.41, 5.74) is 2.32. The summed E-state index contributed by atoms with van der Waals surface area (Å²) < 4.78 is 8.23. The second-order valence-corrected chi connectivity index (χ2v) is 6.28. The largest absolute Gasteiger partial charge is 0.369 e. The van der Waals surface area contributed by atoms with Crippen LogP contribution in [0.4, 0.5) is 0 Å². The van der Waals surface area contributed by atoms with Gasteiger partial charge in [0.15, 0.2) is 0 Å². The number of ether oxygens (including phenoxy) is 1. The number of hydrogen-bond acceptors (Lipinski definition) is 4. The number of fused-ring (bicyclic) bond motifs is 1. The fourth-order valence-electron chi connectivity index (χ4n) is 3.43. The maximum atomic E-state index is 6.06. The Morgan fingerprint density at radius 3 is 3.29 bits per heavy atom. The van der Waals surface area contributed by atoms with Crippen LogP contribution in [0.2, 0.25) is 0 Å². The minimum absolute atomic E-state index is 0.0181. The molecule has 1 aromatic carbocycles. The molecule has 3 aromatic rings. The lowest BCUT2D eigenvalue weighted by atomic mass is 10.0. The molecule has 1 fully saturated rings. The summed E-state index contributed by atoms with van der Waals surface area (Å²) in [6, 6.07) is 6.69. The first kappa shape index (κ1) is 15.4. The topological polar surface area (TPSA) is 67.8 Å². The molecule has 2 aromatic heterocycles. The molecule has 0 aliphatic carbocycles. The summed E-state index contributed by atoms with van der Waals surface area (Å²) >= 11 is 0. The molecule has 2 atom stereocenters. The molecule has 0 bridgehead atoms. The summed E-state index contributed by atoms with van der Waals surface area (Å²) in [5, 5.41) is 11.9. The van der Waals surface area contributed by atoms with Crippen molar-refractivity contribution in [3.8, 4) is 0 Å². The highest BCUT2D eigenvalue weighted by Crippen LogP contribution is 2.28. The Labute approximate surface area is 141 Å². The Morgan fingerprint density at radius 2 is 2.38 bits per heavy atom. The standard InChI is InChI=1S/C18H23N5O/c1-2-23-8-7-19-18(23)17-15(4-3-9-24-17)20-11-13-5-6-14-12-21-22-16(14)10-13/h5-8,10,12,15,17,20H,2-4,9,11H2,1H3,(H,21,22)/t15-,17-/m0/s1. The van der Waals surface area contributed by atoms with E-state index in [4.69, 9.17) is 4.74 Å². The molecule has 0 saturated carbocycles. The molecule has 0 radical (unpaired) electrons. The van der Waals surface area contributed by atoms with Gasteiger partial charge in [0.1, 0.15) is 11.9 Å². The van der Waals surface area contributed by atoms with Crippen molar-refractivity contribution in [2.75, 3.05) is 6.61 Å². The minimum Gasteiger partial charge on any atom is -0.369 e. The van der Waals surface area contributed by atoms with Crippen LogP contribution in [0.25, 0.3) is 10.9 Å². The van der Waals surface area contributed by atoms with E-state index >= 15 is 0 Å². The average Bonchev–Trinajstić information content (AvgIpc) is 3.28. The lowest BCUT2D eigenvalue weighted by molar-refractivity contribution is -0.0182. The van der Waals surface area contributed by atoms with Gasteiger partial charge in [-0.2, -0.15) is 5.10 Å². The number of imidazole rings is 1. The molecule has 1 saturated heterocycles. The highest BCUT2D eigenvalue weighted by molar-refractivity contribution is 5.78. The fraction of sp³-hybridized carbons (Fsp3) is 0.444. The lowest BCUT2D eigenvalue weighted by Crippen LogP contribution is -2.40. The molecule has 0 amide bonds. The van der Waals surface area contributed by atoms with Gasteiger partial charge in [0.25, 0.3) is 0 Å². The SMILES string of the molecule is CCn1ccnc1[C@H]1OCCC[C@@H]1NCc1ccc2cn[nH]c2c1. The van der Waals surface area contributed by atoms with Crippen LogP contribution in [0.5, 0.6) is 0 Å². The van der Waals surface area contributed by atoms with Crippen molar-refractivity contribution in [1.82, 2.24) is 25.1 Å². The third-order valence-corrected chi connectivity index (χ3v) is 4.74. The number of nitrogens with one attached hydrogen (secondary N) is 2. The Bertz CT molecular complexity index is 808. The van der Waals surface area contributed by atoms with Crippen molar-refractivity contribution in [1.29, 1.82) is 0 Å².